The molecule has 2 aliphatic heterocycles. The fraction of sp³-hybridized carbons (Fsp3) is 0.529. The van der Waals surface area contributed by atoms with Crippen LogP contribution in [-0.4, -0.2) is 68.3 Å². The van der Waals surface area contributed by atoms with Crippen molar-refractivity contribution in [3.63, 3.8) is 0 Å². The topological polar surface area (TPSA) is 68.3 Å². The van der Waals surface area contributed by atoms with Crippen LogP contribution in [0.3, 0.4) is 0 Å². The van der Waals surface area contributed by atoms with Crippen LogP contribution < -0.4 is 9.47 Å². The fourth-order valence-corrected chi connectivity index (χ4v) is 3.80. The maximum absolute atomic E-state index is 12.9. The smallest absolute Gasteiger partial charge is 0.410 e. The van der Waals surface area contributed by atoms with Gasteiger partial charge in [0, 0.05) is 23.6 Å². The minimum absolute atomic E-state index is 0.0599. The maximum atomic E-state index is 12.9. The Morgan fingerprint density at radius 3 is 2.36 bits per heavy atom. The van der Waals surface area contributed by atoms with Crippen LogP contribution in [0.5, 0.6) is 11.5 Å². The zero-order valence-electron chi connectivity index (χ0n) is 14.3. The number of amides is 2. The summed E-state index contributed by atoms with van der Waals surface area (Å²) >= 11 is 3.44. The van der Waals surface area contributed by atoms with Gasteiger partial charge in [0.1, 0.15) is 6.61 Å². The van der Waals surface area contributed by atoms with E-state index in [1.165, 1.54) is 0 Å². The number of benzene rings is 1. The molecule has 0 aliphatic carbocycles. The second kappa shape index (κ2) is 7.51. The van der Waals surface area contributed by atoms with Crippen LogP contribution >= 0.6 is 15.9 Å². The Balaban J connectivity index is 1.69. The number of likely N-dealkylation sites (tertiary alicyclic amines) is 1. The highest BCUT2D eigenvalue weighted by Crippen LogP contribution is 2.34. The normalized spacial score (nSPS) is 18.3. The first-order chi connectivity index (χ1) is 12.0. The van der Waals surface area contributed by atoms with Crippen LogP contribution in [0.15, 0.2) is 16.6 Å². The average Bonchev–Trinajstić information content (AvgIpc) is 3.07. The molecule has 8 heteroatoms. The molecule has 2 saturated heterocycles. The lowest BCUT2D eigenvalue weighted by molar-refractivity contribution is 0.0657. The van der Waals surface area contributed by atoms with Crippen molar-refractivity contribution in [3.05, 3.63) is 22.2 Å². The third-order valence-corrected chi connectivity index (χ3v) is 5.34. The summed E-state index contributed by atoms with van der Waals surface area (Å²) in [4.78, 5) is 28.1. The quantitative estimate of drug-likeness (QED) is 0.759. The lowest BCUT2D eigenvalue weighted by Gasteiger charge is -2.35. The van der Waals surface area contributed by atoms with Crippen molar-refractivity contribution in [1.82, 2.24) is 9.80 Å². The number of rotatable bonds is 4. The summed E-state index contributed by atoms with van der Waals surface area (Å²) in [5, 5.41) is 0. The van der Waals surface area contributed by atoms with E-state index in [0.717, 1.165) is 12.8 Å². The molecular weight excluding hydrogens is 392 g/mol. The predicted molar refractivity (Wildman–Crippen MR) is 94.2 cm³/mol. The van der Waals surface area contributed by atoms with E-state index >= 15 is 0 Å². The van der Waals surface area contributed by atoms with Crippen molar-refractivity contribution >= 4 is 27.9 Å². The number of piperidine rings is 1. The third-order valence-electron chi connectivity index (χ3n) is 4.69. The summed E-state index contributed by atoms with van der Waals surface area (Å²) in [6.07, 6.45) is 1.27. The summed E-state index contributed by atoms with van der Waals surface area (Å²) in [5.74, 6) is 1.02. The van der Waals surface area contributed by atoms with Gasteiger partial charge in [-0.25, -0.2) is 4.79 Å². The van der Waals surface area contributed by atoms with Crippen LogP contribution in [0.25, 0.3) is 0 Å². The minimum atomic E-state index is -0.243. The van der Waals surface area contributed by atoms with Crippen LogP contribution in [0.4, 0.5) is 4.79 Å². The molecule has 2 amide bonds. The number of halogens is 1. The molecular formula is C17H21BrN2O5. The van der Waals surface area contributed by atoms with E-state index in [0.29, 0.717) is 47.8 Å². The zero-order chi connectivity index (χ0) is 18.0. The molecule has 0 atom stereocenters. The van der Waals surface area contributed by atoms with E-state index in [2.05, 4.69) is 15.9 Å². The van der Waals surface area contributed by atoms with Gasteiger partial charge in [-0.3, -0.25) is 4.79 Å². The first kappa shape index (κ1) is 17.8. The number of methoxy groups -OCH3 is 2. The number of ether oxygens (including phenoxy) is 3. The molecule has 1 aromatic rings. The fourth-order valence-electron chi connectivity index (χ4n) is 3.31. The molecule has 0 bridgehead atoms. The molecule has 0 unspecified atom stereocenters. The van der Waals surface area contributed by atoms with Gasteiger partial charge in [0.25, 0.3) is 5.91 Å². The highest BCUT2D eigenvalue weighted by Gasteiger charge is 2.33. The second-order valence-electron chi connectivity index (χ2n) is 6.02. The molecule has 3 rings (SSSR count). The number of nitrogens with zero attached hydrogens (tertiary/aromatic N) is 2. The lowest BCUT2D eigenvalue weighted by atomic mass is 10.0. The van der Waals surface area contributed by atoms with Gasteiger partial charge in [0.2, 0.25) is 0 Å². The molecule has 2 fully saturated rings. The molecule has 2 heterocycles. The predicted octanol–water partition coefficient (Wildman–Crippen LogP) is 2.52. The van der Waals surface area contributed by atoms with E-state index in [1.807, 2.05) is 4.90 Å². The van der Waals surface area contributed by atoms with Gasteiger partial charge < -0.3 is 24.0 Å². The number of carbonyl (C=O) groups is 2. The van der Waals surface area contributed by atoms with Gasteiger partial charge in [-0.05, 0) is 40.9 Å². The van der Waals surface area contributed by atoms with Crippen molar-refractivity contribution < 1.29 is 23.8 Å². The van der Waals surface area contributed by atoms with E-state index in [-0.39, 0.29) is 18.0 Å². The monoisotopic (exact) mass is 412 g/mol. The Labute approximate surface area is 154 Å². The van der Waals surface area contributed by atoms with Crippen LogP contribution in [-0.2, 0) is 4.74 Å². The molecule has 136 valence electrons. The van der Waals surface area contributed by atoms with Crippen molar-refractivity contribution in [2.24, 2.45) is 0 Å². The highest BCUT2D eigenvalue weighted by molar-refractivity contribution is 9.10. The Morgan fingerprint density at radius 1 is 1.16 bits per heavy atom. The Hall–Kier alpha value is -1.96. The van der Waals surface area contributed by atoms with E-state index in [9.17, 15) is 9.59 Å². The molecule has 0 spiro atoms. The third kappa shape index (κ3) is 3.53. The number of hydrogen-bond donors (Lipinski definition) is 0. The molecule has 0 saturated carbocycles. The first-order valence-corrected chi connectivity index (χ1v) is 8.98. The second-order valence-corrected chi connectivity index (χ2v) is 6.87. The minimum Gasteiger partial charge on any atom is -0.493 e. The molecule has 0 radical (unpaired) electrons. The molecule has 7 nitrogen and oxygen atoms in total. The standard InChI is InChI=1S/C17H21BrN2O5/c1-23-14-9-12(13(18)10-15(14)24-2)16(21)19-5-3-11(4-6-19)20-7-8-25-17(20)22/h9-11H,3-8H2,1-2H3. The van der Waals surface area contributed by atoms with Gasteiger partial charge in [-0.1, -0.05) is 0 Å². The summed E-state index contributed by atoms with van der Waals surface area (Å²) in [5.41, 5.74) is 0.539. The Bertz CT molecular complexity index is 673. The van der Waals surface area contributed by atoms with Crippen LogP contribution in [0.1, 0.15) is 23.2 Å². The van der Waals surface area contributed by atoms with Crippen molar-refractivity contribution in [2.45, 2.75) is 18.9 Å². The Kier molecular flexibility index (Phi) is 5.36. The SMILES string of the molecule is COc1cc(Br)c(C(=O)N2CCC(N3CCOC3=O)CC2)cc1OC. The number of hydrogen-bond acceptors (Lipinski definition) is 5. The van der Waals surface area contributed by atoms with Gasteiger partial charge in [0.15, 0.2) is 11.5 Å². The van der Waals surface area contributed by atoms with E-state index in [1.54, 1.807) is 31.3 Å². The summed E-state index contributed by atoms with van der Waals surface area (Å²) < 4.78 is 16.2. The lowest BCUT2D eigenvalue weighted by Crippen LogP contribution is -2.47. The summed E-state index contributed by atoms with van der Waals surface area (Å²) in [6.45, 7) is 2.30. The summed E-state index contributed by atoms with van der Waals surface area (Å²) in [6, 6.07) is 3.57. The number of cyclic esters (lactones) is 1. The van der Waals surface area contributed by atoms with Gasteiger partial charge in [0.05, 0.1) is 26.3 Å². The summed E-state index contributed by atoms with van der Waals surface area (Å²) in [7, 11) is 3.10. The van der Waals surface area contributed by atoms with Crippen LogP contribution in [0.2, 0.25) is 0 Å². The molecule has 25 heavy (non-hydrogen) atoms. The van der Waals surface area contributed by atoms with E-state index < -0.39 is 0 Å². The van der Waals surface area contributed by atoms with Crippen molar-refractivity contribution in [3.8, 4) is 11.5 Å². The van der Waals surface area contributed by atoms with Gasteiger partial charge in [-0.2, -0.15) is 0 Å². The van der Waals surface area contributed by atoms with E-state index in [4.69, 9.17) is 14.2 Å². The zero-order valence-corrected chi connectivity index (χ0v) is 15.9. The largest absolute Gasteiger partial charge is 0.493 e. The van der Waals surface area contributed by atoms with Crippen LogP contribution in [0, 0.1) is 0 Å². The molecule has 1 aromatic carbocycles. The highest BCUT2D eigenvalue weighted by atomic mass is 79.9. The Morgan fingerprint density at radius 2 is 1.80 bits per heavy atom. The first-order valence-electron chi connectivity index (χ1n) is 8.19. The van der Waals surface area contributed by atoms with Crippen molar-refractivity contribution in [1.29, 1.82) is 0 Å². The molecule has 2 aliphatic rings. The van der Waals surface area contributed by atoms with Gasteiger partial charge in [-0.15, -0.1) is 0 Å². The van der Waals surface area contributed by atoms with Gasteiger partial charge >= 0.3 is 6.09 Å². The molecule has 0 N–H and O–H groups in total. The van der Waals surface area contributed by atoms with Crippen molar-refractivity contribution in [2.75, 3.05) is 40.5 Å². The number of carbonyl (C=O) groups excluding carboxylic acids is 2. The maximum Gasteiger partial charge on any atom is 0.410 e. The molecule has 0 aromatic heterocycles. The average molecular weight is 413 g/mol.